The minimum atomic E-state index is 0.156. The second kappa shape index (κ2) is 6.39. The summed E-state index contributed by atoms with van der Waals surface area (Å²) < 4.78 is 0. The average molecular weight is 240 g/mol. The monoisotopic (exact) mass is 240 g/mol. The Balaban J connectivity index is 2.55. The molecule has 0 aliphatic heterocycles. The topological polar surface area (TPSA) is 55.1 Å². The van der Waals surface area contributed by atoms with Crippen molar-refractivity contribution in [3.8, 4) is 0 Å². The van der Waals surface area contributed by atoms with Gasteiger partial charge in [-0.15, -0.1) is 0 Å². The molecule has 0 bridgehead atoms. The number of carbonyl (C=O) groups excluding carboxylic acids is 1. The van der Waals surface area contributed by atoms with E-state index in [-0.39, 0.29) is 23.3 Å². The van der Waals surface area contributed by atoms with Crippen molar-refractivity contribution in [2.45, 2.75) is 65.3 Å². The first kappa shape index (κ1) is 14.5. The molecule has 0 radical (unpaired) electrons. The molecule has 0 spiro atoms. The van der Waals surface area contributed by atoms with Crippen molar-refractivity contribution in [1.29, 1.82) is 0 Å². The van der Waals surface area contributed by atoms with Crippen LogP contribution in [0.4, 0.5) is 0 Å². The molecule has 2 unspecified atom stereocenters. The number of carbonyl (C=O) groups is 1. The van der Waals surface area contributed by atoms with E-state index in [1.807, 2.05) is 0 Å². The van der Waals surface area contributed by atoms with Gasteiger partial charge in [0.1, 0.15) is 0 Å². The SMILES string of the molecule is CCC(CCN)NC(=O)C1CCCCC1(C)C. The zero-order valence-corrected chi connectivity index (χ0v) is 11.6. The van der Waals surface area contributed by atoms with Gasteiger partial charge in [0.2, 0.25) is 5.91 Å². The van der Waals surface area contributed by atoms with Crippen LogP contribution in [-0.2, 0) is 4.79 Å². The lowest BCUT2D eigenvalue weighted by Gasteiger charge is -2.38. The van der Waals surface area contributed by atoms with E-state index in [0.717, 1.165) is 19.3 Å². The van der Waals surface area contributed by atoms with Gasteiger partial charge in [0.05, 0.1) is 0 Å². The van der Waals surface area contributed by atoms with E-state index >= 15 is 0 Å². The zero-order chi connectivity index (χ0) is 12.9. The van der Waals surface area contributed by atoms with Gasteiger partial charge in [0, 0.05) is 12.0 Å². The highest BCUT2D eigenvalue weighted by Crippen LogP contribution is 2.40. The van der Waals surface area contributed by atoms with Gasteiger partial charge in [0.25, 0.3) is 0 Å². The van der Waals surface area contributed by atoms with Crippen LogP contribution in [0.25, 0.3) is 0 Å². The van der Waals surface area contributed by atoms with Crippen molar-refractivity contribution in [3.05, 3.63) is 0 Å². The molecule has 1 aliphatic carbocycles. The molecule has 0 aromatic rings. The summed E-state index contributed by atoms with van der Waals surface area (Å²) in [4.78, 5) is 12.3. The largest absolute Gasteiger partial charge is 0.353 e. The molecule has 0 heterocycles. The Labute approximate surface area is 106 Å². The molecule has 17 heavy (non-hydrogen) atoms. The van der Waals surface area contributed by atoms with E-state index < -0.39 is 0 Å². The second-order valence-electron chi connectivity index (χ2n) is 5.98. The van der Waals surface area contributed by atoms with Crippen LogP contribution in [0, 0.1) is 11.3 Å². The molecule has 1 aliphatic rings. The molecule has 100 valence electrons. The summed E-state index contributed by atoms with van der Waals surface area (Å²) in [5, 5.41) is 3.17. The number of hydrogen-bond acceptors (Lipinski definition) is 2. The summed E-state index contributed by atoms with van der Waals surface area (Å²) in [6.45, 7) is 7.19. The Bertz CT molecular complexity index is 251. The van der Waals surface area contributed by atoms with Crippen LogP contribution in [0.2, 0.25) is 0 Å². The zero-order valence-electron chi connectivity index (χ0n) is 11.6. The molecule has 3 nitrogen and oxygen atoms in total. The van der Waals surface area contributed by atoms with Crippen molar-refractivity contribution >= 4 is 5.91 Å². The summed E-state index contributed by atoms with van der Waals surface area (Å²) in [7, 11) is 0. The van der Waals surface area contributed by atoms with Crippen LogP contribution in [0.1, 0.15) is 59.3 Å². The normalized spacial score (nSPS) is 25.3. The van der Waals surface area contributed by atoms with Crippen LogP contribution in [0.15, 0.2) is 0 Å². The van der Waals surface area contributed by atoms with Gasteiger partial charge < -0.3 is 11.1 Å². The lowest BCUT2D eigenvalue weighted by Crippen LogP contribution is -2.45. The molecule has 1 rings (SSSR count). The number of amides is 1. The number of rotatable bonds is 5. The second-order valence-corrected chi connectivity index (χ2v) is 5.98. The van der Waals surface area contributed by atoms with Gasteiger partial charge in [0.15, 0.2) is 0 Å². The minimum Gasteiger partial charge on any atom is -0.353 e. The summed E-state index contributed by atoms with van der Waals surface area (Å²) >= 11 is 0. The fraction of sp³-hybridized carbons (Fsp3) is 0.929. The van der Waals surface area contributed by atoms with E-state index in [1.165, 1.54) is 19.3 Å². The van der Waals surface area contributed by atoms with Crippen LogP contribution < -0.4 is 11.1 Å². The molecule has 1 amide bonds. The predicted molar refractivity (Wildman–Crippen MR) is 71.6 cm³/mol. The summed E-state index contributed by atoms with van der Waals surface area (Å²) in [5.41, 5.74) is 5.72. The van der Waals surface area contributed by atoms with Crippen molar-refractivity contribution in [2.24, 2.45) is 17.1 Å². The molecule has 0 aromatic heterocycles. The first-order valence-corrected chi connectivity index (χ1v) is 7.01. The molecular formula is C14H28N2O. The lowest BCUT2D eigenvalue weighted by atomic mass is 9.68. The van der Waals surface area contributed by atoms with Gasteiger partial charge >= 0.3 is 0 Å². The quantitative estimate of drug-likeness (QED) is 0.775. The van der Waals surface area contributed by atoms with Crippen LogP contribution in [-0.4, -0.2) is 18.5 Å². The van der Waals surface area contributed by atoms with Gasteiger partial charge in [-0.3, -0.25) is 4.79 Å². The fourth-order valence-electron chi connectivity index (χ4n) is 2.86. The maximum atomic E-state index is 12.3. The highest BCUT2D eigenvalue weighted by molar-refractivity contribution is 5.79. The molecule has 1 fully saturated rings. The Hall–Kier alpha value is -0.570. The standard InChI is InChI=1S/C14H28N2O/c1-4-11(8-10-15)16-13(17)12-7-5-6-9-14(12,2)3/h11-12H,4-10,15H2,1-3H3,(H,16,17). The molecule has 2 atom stereocenters. The average Bonchev–Trinajstić information content (AvgIpc) is 2.27. The van der Waals surface area contributed by atoms with Crippen molar-refractivity contribution in [3.63, 3.8) is 0 Å². The summed E-state index contributed by atoms with van der Waals surface area (Å²) in [6.07, 6.45) is 6.51. The fourth-order valence-corrected chi connectivity index (χ4v) is 2.86. The predicted octanol–water partition coefficient (Wildman–Crippen LogP) is 2.45. The van der Waals surface area contributed by atoms with Crippen LogP contribution in [0.5, 0.6) is 0 Å². The van der Waals surface area contributed by atoms with Gasteiger partial charge in [-0.05, 0) is 37.6 Å². The van der Waals surface area contributed by atoms with Crippen LogP contribution >= 0.6 is 0 Å². The van der Waals surface area contributed by atoms with E-state index in [4.69, 9.17) is 5.73 Å². The molecular weight excluding hydrogens is 212 g/mol. The Morgan fingerprint density at radius 2 is 2.18 bits per heavy atom. The first-order valence-electron chi connectivity index (χ1n) is 7.01. The smallest absolute Gasteiger partial charge is 0.223 e. The lowest BCUT2D eigenvalue weighted by molar-refractivity contribution is -0.131. The van der Waals surface area contributed by atoms with E-state index in [1.54, 1.807) is 0 Å². The van der Waals surface area contributed by atoms with Crippen LogP contribution in [0.3, 0.4) is 0 Å². The highest BCUT2D eigenvalue weighted by atomic mass is 16.2. The Morgan fingerprint density at radius 3 is 2.71 bits per heavy atom. The van der Waals surface area contributed by atoms with Crippen molar-refractivity contribution in [1.82, 2.24) is 5.32 Å². The maximum Gasteiger partial charge on any atom is 0.223 e. The molecule has 3 N–H and O–H groups in total. The van der Waals surface area contributed by atoms with E-state index in [0.29, 0.717) is 6.54 Å². The molecule has 0 aromatic carbocycles. The minimum absolute atomic E-state index is 0.156. The third-order valence-electron chi connectivity index (χ3n) is 4.18. The van der Waals surface area contributed by atoms with Gasteiger partial charge in [-0.25, -0.2) is 0 Å². The van der Waals surface area contributed by atoms with Gasteiger partial charge in [-0.1, -0.05) is 33.6 Å². The van der Waals surface area contributed by atoms with Gasteiger partial charge in [-0.2, -0.15) is 0 Å². The molecule has 3 heteroatoms. The Morgan fingerprint density at radius 1 is 1.47 bits per heavy atom. The van der Waals surface area contributed by atoms with Crippen molar-refractivity contribution < 1.29 is 4.79 Å². The number of nitrogens with one attached hydrogen (secondary N) is 1. The maximum absolute atomic E-state index is 12.3. The first-order chi connectivity index (χ1) is 8.01. The summed E-state index contributed by atoms with van der Waals surface area (Å²) in [6, 6.07) is 0.255. The third kappa shape index (κ3) is 3.98. The van der Waals surface area contributed by atoms with Crippen molar-refractivity contribution in [2.75, 3.05) is 6.54 Å². The number of hydrogen-bond donors (Lipinski definition) is 2. The highest BCUT2D eigenvalue weighted by Gasteiger charge is 2.37. The molecule has 1 saturated carbocycles. The third-order valence-corrected chi connectivity index (χ3v) is 4.18. The van der Waals surface area contributed by atoms with E-state index in [9.17, 15) is 4.79 Å². The molecule has 0 saturated heterocycles. The van der Waals surface area contributed by atoms with E-state index in [2.05, 4.69) is 26.1 Å². The Kier molecular flexibility index (Phi) is 5.44. The number of nitrogens with two attached hydrogens (primary N) is 1. The summed E-state index contributed by atoms with van der Waals surface area (Å²) in [5.74, 6) is 0.429.